The zero-order valence-electron chi connectivity index (χ0n) is 16.8. The summed E-state index contributed by atoms with van der Waals surface area (Å²) in [5.41, 5.74) is -0.471. The number of amides is 2. The first-order valence-electron chi connectivity index (χ1n) is 9.25. The molecule has 0 aliphatic rings. The van der Waals surface area contributed by atoms with E-state index in [1.54, 1.807) is 24.5 Å². The van der Waals surface area contributed by atoms with Gasteiger partial charge in [0, 0.05) is 24.6 Å². The van der Waals surface area contributed by atoms with Crippen LogP contribution in [-0.2, 0) is 22.7 Å². The highest BCUT2D eigenvalue weighted by atomic mass is 32.2. The summed E-state index contributed by atoms with van der Waals surface area (Å²) >= 11 is 0. The molecule has 1 aromatic heterocycles. The van der Waals surface area contributed by atoms with Gasteiger partial charge in [0.05, 0.1) is 17.5 Å². The molecule has 7 nitrogen and oxygen atoms in total. The molecule has 3 aromatic rings. The van der Waals surface area contributed by atoms with Crippen LogP contribution < -0.4 is 15.4 Å². The molecule has 1 heterocycles. The van der Waals surface area contributed by atoms with Gasteiger partial charge in [-0.1, -0.05) is 30.3 Å². The van der Waals surface area contributed by atoms with Crippen molar-refractivity contribution in [3.63, 3.8) is 0 Å². The monoisotopic (exact) mass is 464 g/mol. The molecular weight excluding hydrogens is 445 g/mol. The van der Waals surface area contributed by atoms with Crippen molar-refractivity contribution in [2.45, 2.75) is 12.7 Å². The summed E-state index contributed by atoms with van der Waals surface area (Å²) in [6.45, 7) is 0.257. The molecule has 2 aromatic carbocycles. The first-order chi connectivity index (χ1) is 15.0. The van der Waals surface area contributed by atoms with Gasteiger partial charge in [-0.2, -0.15) is 13.2 Å². The van der Waals surface area contributed by atoms with Crippen molar-refractivity contribution in [2.24, 2.45) is 0 Å². The van der Waals surface area contributed by atoms with Crippen molar-refractivity contribution in [3.05, 3.63) is 78.1 Å². The molecule has 0 aliphatic carbocycles. The summed E-state index contributed by atoms with van der Waals surface area (Å²) in [5.74, 6) is 0. The Morgan fingerprint density at radius 3 is 2.34 bits per heavy atom. The van der Waals surface area contributed by atoms with Gasteiger partial charge in [0.1, 0.15) is 0 Å². The molecule has 3 N–H and O–H groups in total. The molecule has 0 fully saturated rings. The minimum absolute atomic E-state index is 0.196. The number of aromatic nitrogens is 1. The van der Waals surface area contributed by atoms with Crippen LogP contribution in [0.1, 0.15) is 11.1 Å². The van der Waals surface area contributed by atoms with Gasteiger partial charge >= 0.3 is 12.2 Å². The Labute approximate surface area is 182 Å². The topological polar surface area (TPSA) is 100 Å². The van der Waals surface area contributed by atoms with Crippen LogP contribution in [0.5, 0.6) is 0 Å². The lowest BCUT2D eigenvalue weighted by Crippen LogP contribution is -2.28. The number of anilines is 2. The third kappa shape index (κ3) is 6.20. The number of urea groups is 1. The van der Waals surface area contributed by atoms with Gasteiger partial charge in [-0.3, -0.25) is 9.71 Å². The molecule has 0 saturated carbocycles. The minimum Gasteiger partial charge on any atom is -0.334 e. The second kappa shape index (κ2) is 9.27. The summed E-state index contributed by atoms with van der Waals surface area (Å²) < 4.78 is 66.1. The molecule has 0 radical (unpaired) electrons. The number of halogens is 3. The molecule has 0 spiro atoms. The molecule has 0 unspecified atom stereocenters. The van der Waals surface area contributed by atoms with E-state index in [9.17, 15) is 26.4 Å². The van der Waals surface area contributed by atoms with Crippen LogP contribution >= 0.6 is 0 Å². The van der Waals surface area contributed by atoms with Crippen molar-refractivity contribution in [3.8, 4) is 11.1 Å². The number of carbonyl (C=O) groups is 1. The predicted octanol–water partition coefficient (Wildman–Crippen LogP) is 4.46. The fourth-order valence-corrected chi connectivity index (χ4v) is 3.55. The molecule has 168 valence electrons. The molecule has 11 heteroatoms. The quantitative estimate of drug-likeness (QED) is 0.501. The van der Waals surface area contributed by atoms with Crippen molar-refractivity contribution >= 4 is 27.4 Å². The Morgan fingerprint density at radius 1 is 1.03 bits per heavy atom. The van der Waals surface area contributed by atoms with Crippen LogP contribution in [0.3, 0.4) is 0 Å². The van der Waals surface area contributed by atoms with Gasteiger partial charge in [-0.25, -0.2) is 13.2 Å². The van der Waals surface area contributed by atoms with E-state index in [0.29, 0.717) is 5.69 Å². The van der Waals surface area contributed by atoms with Gasteiger partial charge in [-0.15, -0.1) is 0 Å². The number of rotatable bonds is 6. The molecule has 32 heavy (non-hydrogen) atoms. The molecule has 0 bridgehead atoms. The molecule has 2 amide bonds. The largest absolute Gasteiger partial charge is 0.419 e. The maximum absolute atomic E-state index is 13.7. The third-order valence-electron chi connectivity index (χ3n) is 4.27. The number of alkyl halides is 3. The van der Waals surface area contributed by atoms with Crippen LogP contribution in [0, 0.1) is 0 Å². The first kappa shape index (κ1) is 23.1. The highest BCUT2D eigenvalue weighted by Gasteiger charge is 2.37. The fraction of sp³-hybridized carbons (Fsp3) is 0.143. The maximum atomic E-state index is 13.7. The number of sulfonamides is 1. The van der Waals surface area contributed by atoms with Gasteiger partial charge in [0.2, 0.25) is 10.0 Å². The summed E-state index contributed by atoms with van der Waals surface area (Å²) in [4.78, 5) is 16.0. The van der Waals surface area contributed by atoms with Crippen LogP contribution in [0.25, 0.3) is 11.1 Å². The molecule has 3 rings (SSSR count). The fourth-order valence-electron chi connectivity index (χ4n) is 2.98. The Balaban J connectivity index is 1.79. The van der Waals surface area contributed by atoms with Gasteiger partial charge < -0.3 is 10.6 Å². The average molecular weight is 464 g/mol. The number of nitrogens with one attached hydrogen (secondary N) is 3. The van der Waals surface area contributed by atoms with E-state index in [-0.39, 0.29) is 17.7 Å². The Bertz CT molecular complexity index is 1200. The first-order valence-corrected chi connectivity index (χ1v) is 11.1. The molecule has 0 aliphatic heterocycles. The van der Waals surface area contributed by atoms with Crippen LogP contribution in [0.2, 0.25) is 0 Å². The lowest BCUT2D eigenvalue weighted by atomic mass is 9.97. The lowest BCUT2D eigenvalue weighted by Gasteiger charge is -2.18. The summed E-state index contributed by atoms with van der Waals surface area (Å²) in [7, 11) is -3.91. The highest BCUT2D eigenvalue weighted by Crippen LogP contribution is 2.42. The Morgan fingerprint density at radius 2 is 1.75 bits per heavy atom. The lowest BCUT2D eigenvalue weighted by molar-refractivity contribution is -0.136. The van der Waals surface area contributed by atoms with Crippen LogP contribution in [0.4, 0.5) is 29.3 Å². The van der Waals surface area contributed by atoms with Gasteiger partial charge in [0.25, 0.3) is 0 Å². The van der Waals surface area contributed by atoms with Crippen LogP contribution in [-0.4, -0.2) is 25.7 Å². The molecular formula is C21H19F3N4O3S. The Hall–Kier alpha value is -3.60. The number of hydrogen-bond donors (Lipinski definition) is 3. The van der Waals surface area contributed by atoms with E-state index in [1.807, 2.05) is 4.72 Å². The highest BCUT2D eigenvalue weighted by molar-refractivity contribution is 7.92. The van der Waals surface area contributed by atoms with E-state index in [4.69, 9.17) is 0 Å². The van der Waals surface area contributed by atoms with Crippen molar-refractivity contribution in [1.82, 2.24) is 10.3 Å². The minimum atomic E-state index is -4.80. The standard InChI is InChI=1S/C21H19F3N4O3S/c1-32(30,31)28-18-6-2-5-17(19(18)21(22,23)24)15-7-9-16(10-8-15)27-20(29)26-13-14-4-3-11-25-12-14/h2-12,28H,13H2,1H3,(H2,26,27,29). The second-order valence-corrected chi connectivity index (χ2v) is 8.59. The summed E-state index contributed by atoms with van der Waals surface area (Å²) in [6.07, 6.45) is -0.797. The summed E-state index contributed by atoms with van der Waals surface area (Å²) in [6, 6.07) is 12.4. The zero-order valence-corrected chi connectivity index (χ0v) is 17.6. The van der Waals surface area contributed by atoms with Crippen molar-refractivity contribution < 1.29 is 26.4 Å². The smallest absolute Gasteiger partial charge is 0.334 e. The van der Waals surface area contributed by atoms with E-state index in [1.165, 1.54) is 36.4 Å². The van der Waals surface area contributed by atoms with E-state index >= 15 is 0 Å². The third-order valence-corrected chi connectivity index (χ3v) is 4.86. The normalized spacial score (nSPS) is 11.6. The van der Waals surface area contributed by atoms with Crippen molar-refractivity contribution in [1.29, 1.82) is 0 Å². The van der Waals surface area contributed by atoms with Crippen molar-refractivity contribution in [2.75, 3.05) is 16.3 Å². The number of benzene rings is 2. The second-order valence-electron chi connectivity index (χ2n) is 6.85. The van der Waals surface area contributed by atoms with Gasteiger partial charge in [0.15, 0.2) is 0 Å². The zero-order chi connectivity index (χ0) is 23.4. The number of pyridine rings is 1. The van der Waals surface area contributed by atoms with E-state index < -0.39 is 33.5 Å². The predicted molar refractivity (Wildman–Crippen MR) is 115 cm³/mol. The SMILES string of the molecule is CS(=O)(=O)Nc1cccc(-c2ccc(NC(=O)NCc3cccnc3)cc2)c1C(F)(F)F. The maximum Gasteiger partial charge on any atom is 0.419 e. The van der Waals surface area contributed by atoms with Gasteiger partial charge in [-0.05, 0) is 41.0 Å². The Kier molecular flexibility index (Phi) is 6.68. The molecule has 0 atom stereocenters. The average Bonchev–Trinajstić information content (AvgIpc) is 2.71. The number of carbonyl (C=O) groups excluding carboxylic acids is 1. The van der Waals surface area contributed by atoms with E-state index in [2.05, 4.69) is 15.6 Å². The number of hydrogen-bond acceptors (Lipinski definition) is 4. The summed E-state index contributed by atoms with van der Waals surface area (Å²) in [5, 5.41) is 5.24. The molecule has 0 saturated heterocycles. The van der Waals surface area contributed by atoms with E-state index in [0.717, 1.165) is 17.9 Å². The van der Waals surface area contributed by atoms with Crippen LogP contribution in [0.15, 0.2) is 67.0 Å². The number of nitrogens with zero attached hydrogens (tertiary/aromatic N) is 1.